The molecular weight excluding hydrogens is 218 g/mol. The Bertz CT molecular complexity index is 452. The van der Waals surface area contributed by atoms with E-state index in [1.165, 1.54) is 25.0 Å². The van der Waals surface area contributed by atoms with Gasteiger partial charge in [0.1, 0.15) is 5.75 Å². The highest BCUT2D eigenvalue weighted by Crippen LogP contribution is 2.39. The molecule has 1 atom stereocenters. The lowest BCUT2D eigenvalue weighted by Crippen LogP contribution is -2.13. The maximum atomic E-state index is 11.0. The number of hydrogen-bond donors (Lipinski definition) is 3. The van der Waals surface area contributed by atoms with Crippen molar-refractivity contribution in [3.05, 3.63) is 28.8 Å². The van der Waals surface area contributed by atoms with Crippen LogP contribution in [0.2, 0.25) is 0 Å². The van der Waals surface area contributed by atoms with Crippen molar-refractivity contribution < 1.29 is 15.0 Å². The van der Waals surface area contributed by atoms with Gasteiger partial charge in [0.05, 0.1) is 5.56 Å². The third-order valence-electron chi connectivity index (χ3n) is 3.26. The topological polar surface area (TPSA) is 83.5 Å². The molecule has 0 heterocycles. The molecule has 0 bridgehead atoms. The lowest BCUT2D eigenvalue weighted by atomic mass is 9.96. The molecule has 2 rings (SSSR count). The summed E-state index contributed by atoms with van der Waals surface area (Å²) in [5.41, 5.74) is 7.32. The van der Waals surface area contributed by atoms with E-state index in [-0.39, 0.29) is 17.4 Å². The van der Waals surface area contributed by atoms with E-state index in [1.807, 2.05) is 0 Å². The zero-order valence-corrected chi connectivity index (χ0v) is 9.81. The number of carboxylic acid groups (broad SMARTS) is 1. The fraction of sp³-hybridized carbons (Fsp3) is 0.462. The fourth-order valence-corrected chi connectivity index (χ4v) is 2.05. The van der Waals surface area contributed by atoms with Crippen LogP contribution in [0, 0.1) is 12.8 Å². The van der Waals surface area contributed by atoms with Crippen LogP contribution >= 0.6 is 0 Å². The van der Waals surface area contributed by atoms with Crippen molar-refractivity contribution in [1.29, 1.82) is 0 Å². The lowest BCUT2D eigenvalue weighted by molar-refractivity contribution is 0.0696. The molecule has 4 nitrogen and oxygen atoms in total. The molecule has 92 valence electrons. The molecule has 0 radical (unpaired) electrons. The average Bonchev–Trinajstić information content (AvgIpc) is 3.05. The van der Waals surface area contributed by atoms with Gasteiger partial charge in [0.25, 0.3) is 0 Å². The van der Waals surface area contributed by atoms with Gasteiger partial charge in [-0.15, -0.1) is 0 Å². The highest BCUT2D eigenvalue weighted by atomic mass is 16.4. The molecular formula is C13H17NO3. The number of rotatable bonds is 4. The van der Waals surface area contributed by atoms with Crippen LogP contribution in [0.1, 0.15) is 46.8 Å². The van der Waals surface area contributed by atoms with Gasteiger partial charge in [-0.05, 0) is 37.0 Å². The molecule has 0 aromatic heterocycles. The van der Waals surface area contributed by atoms with E-state index in [9.17, 15) is 9.90 Å². The van der Waals surface area contributed by atoms with Gasteiger partial charge in [0.2, 0.25) is 0 Å². The Balaban J connectivity index is 2.32. The van der Waals surface area contributed by atoms with E-state index < -0.39 is 5.97 Å². The second kappa shape index (κ2) is 4.37. The Morgan fingerprint density at radius 1 is 1.53 bits per heavy atom. The standard InChI is InChI=1S/C13H17NO3/c1-7-4-9(13(16)17)6-10(12(7)15)11(14)5-8-2-3-8/h4,6,8,11,15H,2-3,5,14H2,1H3,(H,16,17)/t11-/m1/s1. The van der Waals surface area contributed by atoms with Gasteiger partial charge in [-0.25, -0.2) is 4.79 Å². The summed E-state index contributed by atoms with van der Waals surface area (Å²) >= 11 is 0. The quantitative estimate of drug-likeness (QED) is 0.747. The molecule has 0 spiro atoms. The molecule has 1 aliphatic carbocycles. The van der Waals surface area contributed by atoms with Gasteiger partial charge >= 0.3 is 5.97 Å². The molecule has 17 heavy (non-hydrogen) atoms. The molecule has 4 N–H and O–H groups in total. The normalized spacial score (nSPS) is 16.8. The number of hydrogen-bond acceptors (Lipinski definition) is 3. The van der Waals surface area contributed by atoms with Crippen molar-refractivity contribution >= 4 is 5.97 Å². The monoisotopic (exact) mass is 235 g/mol. The first-order chi connectivity index (χ1) is 7.99. The van der Waals surface area contributed by atoms with Crippen molar-refractivity contribution in [3.8, 4) is 5.75 Å². The largest absolute Gasteiger partial charge is 0.507 e. The van der Waals surface area contributed by atoms with Crippen LogP contribution in [0.15, 0.2) is 12.1 Å². The molecule has 0 amide bonds. The second-order valence-electron chi connectivity index (χ2n) is 4.82. The number of phenolic OH excluding ortho intramolecular Hbond substituents is 1. The van der Waals surface area contributed by atoms with Crippen LogP contribution in [0.5, 0.6) is 5.75 Å². The molecule has 1 saturated carbocycles. The minimum atomic E-state index is -0.993. The molecule has 0 aliphatic heterocycles. The van der Waals surface area contributed by atoms with Gasteiger partial charge in [0, 0.05) is 11.6 Å². The number of aryl methyl sites for hydroxylation is 1. The number of carboxylic acids is 1. The second-order valence-corrected chi connectivity index (χ2v) is 4.82. The number of aromatic hydroxyl groups is 1. The zero-order valence-electron chi connectivity index (χ0n) is 9.81. The maximum absolute atomic E-state index is 11.0. The minimum absolute atomic E-state index is 0.128. The molecule has 1 aliphatic rings. The number of phenols is 1. The SMILES string of the molecule is Cc1cc(C(=O)O)cc([C@H](N)CC2CC2)c1O. The molecule has 0 saturated heterocycles. The third kappa shape index (κ3) is 2.58. The van der Waals surface area contributed by atoms with E-state index in [1.54, 1.807) is 6.92 Å². The number of aromatic carboxylic acids is 1. The smallest absolute Gasteiger partial charge is 0.335 e. The fourth-order valence-electron chi connectivity index (χ4n) is 2.05. The summed E-state index contributed by atoms with van der Waals surface area (Å²) in [7, 11) is 0. The molecule has 1 aromatic rings. The van der Waals surface area contributed by atoms with E-state index >= 15 is 0 Å². The summed E-state index contributed by atoms with van der Waals surface area (Å²) in [5, 5.41) is 18.9. The molecule has 1 fully saturated rings. The summed E-state index contributed by atoms with van der Waals surface area (Å²) in [6.07, 6.45) is 3.19. The van der Waals surface area contributed by atoms with Crippen LogP contribution in [0.3, 0.4) is 0 Å². The van der Waals surface area contributed by atoms with Gasteiger partial charge in [-0.2, -0.15) is 0 Å². The number of benzene rings is 1. The van der Waals surface area contributed by atoms with Crippen molar-refractivity contribution in [2.45, 2.75) is 32.2 Å². The highest BCUT2D eigenvalue weighted by molar-refractivity contribution is 5.88. The Morgan fingerprint density at radius 2 is 2.18 bits per heavy atom. The highest BCUT2D eigenvalue weighted by Gasteiger charge is 2.26. The summed E-state index contributed by atoms with van der Waals surface area (Å²) in [6, 6.07) is 2.67. The van der Waals surface area contributed by atoms with Crippen LogP contribution in [0.4, 0.5) is 0 Å². The van der Waals surface area contributed by atoms with Gasteiger partial charge in [0.15, 0.2) is 0 Å². The minimum Gasteiger partial charge on any atom is -0.507 e. The van der Waals surface area contributed by atoms with Crippen molar-refractivity contribution in [3.63, 3.8) is 0 Å². The van der Waals surface area contributed by atoms with E-state index in [0.29, 0.717) is 17.0 Å². The molecule has 0 unspecified atom stereocenters. The summed E-state index contributed by atoms with van der Waals surface area (Å²) < 4.78 is 0. The lowest BCUT2D eigenvalue weighted by Gasteiger charge is -2.15. The maximum Gasteiger partial charge on any atom is 0.335 e. The third-order valence-corrected chi connectivity index (χ3v) is 3.26. The first kappa shape index (κ1) is 11.9. The Morgan fingerprint density at radius 3 is 2.71 bits per heavy atom. The predicted octanol–water partition coefficient (Wildman–Crippen LogP) is 2.20. The molecule has 1 aromatic carbocycles. The van der Waals surface area contributed by atoms with Gasteiger partial charge in [-0.1, -0.05) is 12.8 Å². The summed E-state index contributed by atoms with van der Waals surface area (Å²) in [6.45, 7) is 1.69. The Kier molecular flexibility index (Phi) is 3.07. The first-order valence-electron chi connectivity index (χ1n) is 5.81. The van der Waals surface area contributed by atoms with E-state index in [0.717, 1.165) is 6.42 Å². The van der Waals surface area contributed by atoms with Crippen molar-refractivity contribution in [2.24, 2.45) is 11.7 Å². The van der Waals surface area contributed by atoms with E-state index in [4.69, 9.17) is 10.8 Å². The Hall–Kier alpha value is -1.55. The predicted molar refractivity (Wildman–Crippen MR) is 64.1 cm³/mol. The van der Waals surface area contributed by atoms with Gasteiger partial charge < -0.3 is 15.9 Å². The van der Waals surface area contributed by atoms with Gasteiger partial charge in [-0.3, -0.25) is 0 Å². The van der Waals surface area contributed by atoms with Crippen LogP contribution < -0.4 is 5.73 Å². The van der Waals surface area contributed by atoms with E-state index in [2.05, 4.69) is 0 Å². The first-order valence-corrected chi connectivity index (χ1v) is 5.81. The Labute approximate surface area is 100 Å². The van der Waals surface area contributed by atoms with Crippen molar-refractivity contribution in [1.82, 2.24) is 0 Å². The number of carbonyl (C=O) groups is 1. The number of nitrogens with two attached hydrogens (primary N) is 1. The zero-order chi connectivity index (χ0) is 12.6. The summed E-state index contributed by atoms with van der Waals surface area (Å²) in [4.78, 5) is 11.0. The van der Waals surface area contributed by atoms with Crippen LogP contribution in [0.25, 0.3) is 0 Å². The molecule has 4 heteroatoms. The van der Waals surface area contributed by atoms with Crippen molar-refractivity contribution in [2.75, 3.05) is 0 Å². The summed E-state index contributed by atoms with van der Waals surface area (Å²) in [5.74, 6) is -0.227. The van der Waals surface area contributed by atoms with Crippen LogP contribution in [-0.2, 0) is 0 Å². The van der Waals surface area contributed by atoms with Crippen LogP contribution in [-0.4, -0.2) is 16.2 Å². The average molecular weight is 235 g/mol.